The van der Waals surface area contributed by atoms with Crippen LogP contribution in [-0.4, -0.2) is 46.9 Å². The van der Waals surface area contributed by atoms with Crippen molar-refractivity contribution in [2.75, 3.05) is 26.2 Å². The van der Waals surface area contributed by atoms with E-state index < -0.39 is 0 Å². The van der Waals surface area contributed by atoms with Gasteiger partial charge in [0.1, 0.15) is 0 Å². The number of benzene rings is 1. The van der Waals surface area contributed by atoms with Crippen LogP contribution in [0.2, 0.25) is 0 Å². The maximum atomic E-state index is 12.7. The van der Waals surface area contributed by atoms with Crippen LogP contribution in [0, 0.1) is 0 Å². The van der Waals surface area contributed by atoms with E-state index in [4.69, 9.17) is 0 Å². The topological polar surface area (TPSA) is 36.4 Å². The minimum absolute atomic E-state index is 0. The zero-order valence-electron chi connectivity index (χ0n) is 15.8. The van der Waals surface area contributed by atoms with Crippen molar-refractivity contribution in [2.24, 2.45) is 0 Å². The van der Waals surface area contributed by atoms with Gasteiger partial charge in [0.2, 0.25) is 5.91 Å². The third-order valence-electron chi connectivity index (χ3n) is 5.65. The first-order chi connectivity index (χ1) is 12.8. The number of amides is 1. The summed E-state index contributed by atoms with van der Waals surface area (Å²) in [4.78, 5) is 21.2. The highest BCUT2D eigenvalue weighted by atomic mass is 35.5. The molecule has 144 valence electrons. The molecule has 1 aromatic heterocycles. The normalized spacial score (nSPS) is 17.1. The molecule has 1 aliphatic heterocycles. The van der Waals surface area contributed by atoms with Crippen molar-refractivity contribution in [3.8, 4) is 0 Å². The maximum Gasteiger partial charge on any atom is 0.227 e. The van der Waals surface area contributed by atoms with E-state index in [0.29, 0.717) is 6.42 Å². The molecule has 0 N–H and O–H groups in total. The first-order valence-electron chi connectivity index (χ1n) is 9.78. The van der Waals surface area contributed by atoms with E-state index in [9.17, 15) is 4.79 Å². The Kier molecular flexibility index (Phi) is 6.86. The Morgan fingerprint density at radius 3 is 2.33 bits per heavy atom. The van der Waals surface area contributed by atoms with E-state index in [1.165, 1.54) is 47.9 Å². The summed E-state index contributed by atoms with van der Waals surface area (Å²) in [5.74, 6) is 0.268. The largest absolute Gasteiger partial charge is 0.340 e. The van der Waals surface area contributed by atoms with Crippen LogP contribution in [0.15, 0.2) is 42.7 Å². The Bertz CT molecular complexity index is 757. The van der Waals surface area contributed by atoms with E-state index in [-0.39, 0.29) is 18.3 Å². The Morgan fingerprint density at radius 1 is 0.889 bits per heavy atom. The molecule has 27 heavy (non-hydrogen) atoms. The number of hydrogen-bond acceptors (Lipinski definition) is 3. The molecule has 0 saturated carbocycles. The molecule has 0 radical (unpaired) electrons. The standard InChI is InChI=1S/C22H27N3O.ClH/c26-22(16-19-5-6-20-3-1-2-4-21(20)15-19)25-13-11-24(12-14-25)17-18-7-9-23-10-8-18;/h5-10,15H,1-4,11-14,16-17H2;1H. The Morgan fingerprint density at radius 2 is 1.59 bits per heavy atom. The third kappa shape index (κ3) is 5.08. The van der Waals surface area contributed by atoms with Gasteiger partial charge in [0.05, 0.1) is 6.42 Å². The summed E-state index contributed by atoms with van der Waals surface area (Å²) in [6, 6.07) is 10.8. The second-order valence-electron chi connectivity index (χ2n) is 7.50. The van der Waals surface area contributed by atoms with E-state index in [0.717, 1.165) is 32.7 Å². The zero-order chi connectivity index (χ0) is 17.8. The molecule has 4 rings (SSSR count). The summed E-state index contributed by atoms with van der Waals surface area (Å²) in [6.45, 7) is 4.48. The molecule has 4 nitrogen and oxygen atoms in total. The van der Waals surface area contributed by atoms with Crippen LogP contribution in [0.4, 0.5) is 0 Å². The smallest absolute Gasteiger partial charge is 0.227 e. The van der Waals surface area contributed by atoms with Gasteiger partial charge in [-0.25, -0.2) is 0 Å². The summed E-state index contributed by atoms with van der Waals surface area (Å²) < 4.78 is 0. The van der Waals surface area contributed by atoms with Gasteiger partial charge in [-0.3, -0.25) is 14.7 Å². The third-order valence-corrected chi connectivity index (χ3v) is 5.65. The lowest BCUT2D eigenvalue weighted by atomic mass is 9.90. The first kappa shape index (κ1) is 19.8. The monoisotopic (exact) mass is 385 g/mol. The number of aryl methyl sites for hydroxylation is 2. The molecule has 0 spiro atoms. The van der Waals surface area contributed by atoms with E-state index >= 15 is 0 Å². The molecule has 1 aromatic carbocycles. The molecule has 2 heterocycles. The number of carbonyl (C=O) groups excluding carboxylic acids is 1. The molecule has 0 atom stereocenters. The number of halogens is 1. The minimum Gasteiger partial charge on any atom is -0.340 e. The Balaban J connectivity index is 0.00000210. The summed E-state index contributed by atoms with van der Waals surface area (Å²) in [5, 5.41) is 0. The highest BCUT2D eigenvalue weighted by Crippen LogP contribution is 2.22. The fourth-order valence-electron chi connectivity index (χ4n) is 4.08. The van der Waals surface area contributed by atoms with Crippen molar-refractivity contribution in [1.29, 1.82) is 0 Å². The fraction of sp³-hybridized carbons (Fsp3) is 0.455. The molecule has 1 saturated heterocycles. The fourth-order valence-corrected chi connectivity index (χ4v) is 4.08. The predicted octanol–water partition coefficient (Wildman–Crippen LogP) is 3.27. The van der Waals surface area contributed by atoms with Gasteiger partial charge < -0.3 is 4.90 Å². The van der Waals surface area contributed by atoms with Crippen LogP contribution < -0.4 is 0 Å². The van der Waals surface area contributed by atoms with Crippen LogP contribution in [0.3, 0.4) is 0 Å². The average molecular weight is 386 g/mol. The molecule has 0 unspecified atom stereocenters. The number of fused-ring (bicyclic) bond motifs is 1. The van der Waals surface area contributed by atoms with E-state index in [1.54, 1.807) is 0 Å². The zero-order valence-corrected chi connectivity index (χ0v) is 16.6. The lowest BCUT2D eigenvalue weighted by Crippen LogP contribution is -2.48. The Hall–Kier alpha value is -1.91. The number of pyridine rings is 1. The van der Waals surface area contributed by atoms with Crippen molar-refractivity contribution in [2.45, 2.75) is 38.6 Å². The highest BCUT2D eigenvalue weighted by Gasteiger charge is 2.21. The van der Waals surface area contributed by atoms with E-state index in [2.05, 4.69) is 40.2 Å². The second-order valence-corrected chi connectivity index (χ2v) is 7.50. The van der Waals surface area contributed by atoms with Gasteiger partial charge >= 0.3 is 0 Å². The van der Waals surface area contributed by atoms with Gasteiger partial charge in [-0.05, 0) is 60.1 Å². The number of carbonyl (C=O) groups is 1. The highest BCUT2D eigenvalue weighted by molar-refractivity contribution is 5.85. The molecular weight excluding hydrogens is 358 g/mol. The van der Waals surface area contributed by atoms with Crippen molar-refractivity contribution in [3.63, 3.8) is 0 Å². The van der Waals surface area contributed by atoms with Gasteiger partial charge in [0.15, 0.2) is 0 Å². The number of hydrogen-bond donors (Lipinski definition) is 0. The molecule has 5 heteroatoms. The molecule has 1 aliphatic carbocycles. The molecule has 1 amide bonds. The van der Waals surface area contributed by atoms with Crippen LogP contribution in [0.1, 0.15) is 35.1 Å². The van der Waals surface area contributed by atoms with Gasteiger partial charge in [-0.2, -0.15) is 0 Å². The summed E-state index contributed by atoms with van der Waals surface area (Å²) in [5.41, 5.74) is 5.41. The summed E-state index contributed by atoms with van der Waals surface area (Å²) in [7, 11) is 0. The van der Waals surface area contributed by atoms with Crippen molar-refractivity contribution in [3.05, 3.63) is 65.0 Å². The lowest BCUT2D eigenvalue weighted by molar-refractivity contribution is -0.132. The van der Waals surface area contributed by atoms with Gasteiger partial charge in [0.25, 0.3) is 0 Å². The summed E-state index contributed by atoms with van der Waals surface area (Å²) in [6.07, 6.45) is 9.17. The van der Waals surface area contributed by atoms with Crippen molar-refractivity contribution >= 4 is 18.3 Å². The van der Waals surface area contributed by atoms with Crippen LogP contribution in [-0.2, 0) is 30.6 Å². The van der Waals surface area contributed by atoms with Crippen molar-refractivity contribution < 1.29 is 4.79 Å². The van der Waals surface area contributed by atoms with Gasteiger partial charge in [-0.1, -0.05) is 18.2 Å². The van der Waals surface area contributed by atoms with Crippen molar-refractivity contribution in [1.82, 2.24) is 14.8 Å². The number of piperazine rings is 1. The lowest BCUT2D eigenvalue weighted by Gasteiger charge is -2.35. The number of rotatable bonds is 4. The molecule has 2 aliphatic rings. The number of nitrogens with zero attached hydrogens (tertiary/aromatic N) is 3. The molecular formula is C22H28ClN3O. The van der Waals surface area contributed by atoms with Crippen LogP contribution in [0.5, 0.6) is 0 Å². The molecule has 2 aromatic rings. The Labute approximate surface area is 168 Å². The van der Waals surface area contributed by atoms with Gasteiger partial charge in [-0.15, -0.1) is 12.4 Å². The molecule has 1 fully saturated rings. The first-order valence-corrected chi connectivity index (χ1v) is 9.78. The predicted molar refractivity (Wildman–Crippen MR) is 110 cm³/mol. The second kappa shape index (κ2) is 9.34. The van der Waals surface area contributed by atoms with Crippen LogP contribution in [0.25, 0.3) is 0 Å². The number of aromatic nitrogens is 1. The maximum absolute atomic E-state index is 12.7. The summed E-state index contributed by atoms with van der Waals surface area (Å²) >= 11 is 0. The minimum atomic E-state index is 0. The quantitative estimate of drug-likeness (QED) is 0.810. The SMILES string of the molecule is Cl.O=C(Cc1ccc2c(c1)CCCC2)N1CCN(Cc2ccncc2)CC1. The average Bonchev–Trinajstić information content (AvgIpc) is 2.69. The molecule has 0 bridgehead atoms. The van der Waals surface area contributed by atoms with Crippen LogP contribution >= 0.6 is 12.4 Å². The van der Waals surface area contributed by atoms with E-state index in [1.807, 2.05) is 17.3 Å². The van der Waals surface area contributed by atoms with Gasteiger partial charge in [0, 0.05) is 45.1 Å².